The van der Waals surface area contributed by atoms with E-state index in [2.05, 4.69) is 36.3 Å². The van der Waals surface area contributed by atoms with Crippen molar-refractivity contribution in [3.05, 3.63) is 53.5 Å². The second kappa shape index (κ2) is 7.20. The first kappa shape index (κ1) is 18.0. The van der Waals surface area contributed by atoms with E-state index in [1.807, 2.05) is 36.6 Å². The van der Waals surface area contributed by atoms with Gasteiger partial charge in [-0.05, 0) is 66.3 Å². The van der Waals surface area contributed by atoms with Crippen LogP contribution in [-0.2, 0) is 0 Å². The van der Waals surface area contributed by atoms with Gasteiger partial charge in [-0.3, -0.25) is 4.79 Å². The molecule has 5 heteroatoms. The fraction of sp³-hybridized carbons (Fsp3) is 0.333. The molecule has 0 saturated heterocycles. The Hall–Kier alpha value is -2.82. The Balaban J connectivity index is 1.94. The number of ether oxygens (including phenoxy) is 1. The molecule has 0 aliphatic carbocycles. The van der Waals surface area contributed by atoms with Crippen molar-refractivity contribution in [2.45, 2.75) is 27.7 Å². The van der Waals surface area contributed by atoms with Crippen molar-refractivity contribution in [1.29, 1.82) is 0 Å². The highest BCUT2D eigenvalue weighted by Gasteiger charge is 2.12. The van der Waals surface area contributed by atoms with E-state index in [-0.39, 0.29) is 5.91 Å². The van der Waals surface area contributed by atoms with E-state index in [0.717, 1.165) is 33.7 Å². The molecule has 2 heterocycles. The number of carbonyl (C=O) groups excluding carboxylic acids is 1. The maximum atomic E-state index is 12.2. The van der Waals surface area contributed by atoms with Crippen molar-refractivity contribution in [2.75, 3.05) is 13.7 Å². The first-order chi connectivity index (χ1) is 12.4. The molecular weight excluding hydrogens is 326 g/mol. The number of pyridine rings is 1. The first-order valence-electron chi connectivity index (χ1n) is 8.81. The zero-order chi connectivity index (χ0) is 18.8. The van der Waals surface area contributed by atoms with Gasteiger partial charge in [-0.25, -0.2) is 4.98 Å². The second-order valence-corrected chi connectivity index (χ2v) is 7.06. The van der Waals surface area contributed by atoms with Gasteiger partial charge in [0.15, 0.2) is 0 Å². The lowest BCUT2D eigenvalue weighted by atomic mass is 10.0. The lowest BCUT2D eigenvalue weighted by Gasteiger charge is -2.11. The summed E-state index contributed by atoms with van der Waals surface area (Å²) in [4.78, 5) is 16.7. The number of nitrogens with zero attached hydrogens (tertiary/aromatic N) is 2. The number of fused-ring (bicyclic) bond motifs is 1. The van der Waals surface area contributed by atoms with Gasteiger partial charge in [0.2, 0.25) is 0 Å². The predicted molar refractivity (Wildman–Crippen MR) is 104 cm³/mol. The second-order valence-electron chi connectivity index (χ2n) is 7.06. The van der Waals surface area contributed by atoms with Crippen molar-refractivity contribution in [2.24, 2.45) is 5.92 Å². The molecule has 0 saturated carbocycles. The van der Waals surface area contributed by atoms with Crippen LogP contribution in [0.5, 0.6) is 5.75 Å². The third kappa shape index (κ3) is 3.57. The SMILES string of the molecule is COc1c(C)cc(-c2ccc3nc(C(=O)NCC(C)C)cn3c2)cc1C. The van der Waals surface area contributed by atoms with Crippen molar-refractivity contribution in [3.8, 4) is 16.9 Å². The number of amides is 1. The fourth-order valence-corrected chi connectivity index (χ4v) is 3.10. The third-order valence-corrected chi connectivity index (χ3v) is 4.35. The number of aryl methyl sites for hydroxylation is 2. The van der Waals surface area contributed by atoms with E-state index in [4.69, 9.17) is 4.74 Å². The quantitative estimate of drug-likeness (QED) is 0.755. The number of imidazole rings is 1. The van der Waals surface area contributed by atoms with E-state index < -0.39 is 0 Å². The maximum absolute atomic E-state index is 12.2. The molecule has 0 fully saturated rings. The number of rotatable bonds is 5. The van der Waals surface area contributed by atoms with Gasteiger partial charge < -0.3 is 14.5 Å². The molecule has 1 amide bonds. The average Bonchev–Trinajstić information content (AvgIpc) is 3.02. The number of benzene rings is 1. The molecule has 0 bridgehead atoms. The topological polar surface area (TPSA) is 55.6 Å². The van der Waals surface area contributed by atoms with E-state index >= 15 is 0 Å². The Kier molecular flexibility index (Phi) is 4.98. The van der Waals surface area contributed by atoms with E-state index in [9.17, 15) is 4.79 Å². The zero-order valence-electron chi connectivity index (χ0n) is 16.0. The van der Waals surface area contributed by atoms with Crippen LogP contribution in [0.1, 0.15) is 35.5 Å². The lowest BCUT2D eigenvalue weighted by Crippen LogP contribution is -2.27. The Morgan fingerprint density at radius 2 is 1.85 bits per heavy atom. The van der Waals surface area contributed by atoms with Crippen LogP contribution in [0.4, 0.5) is 0 Å². The third-order valence-electron chi connectivity index (χ3n) is 4.35. The molecule has 0 spiro atoms. The first-order valence-corrected chi connectivity index (χ1v) is 8.81. The molecule has 0 unspecified atom stereocenters. The molecule has 0 aliphatic heterocycles. The van der Waals surface area contributed by atoms with Crippen LogP contribution in [0.2, 0.25) is 0 Å². The van der Waals surface area contributed by atoms with Gasteiger partial charge in [0.1, 0.15) is 17.1 Å². The average molecular weight is 351 g/mol. The molecule has 1 aromatic carbocycles. The molecule has 5 nitrogen and oxygen atoms in total. The summed E-state index contributed by atoms with van der Waals surface area (Å²) in [6.45, 7) is 8.86. The Morgan fingerprint density at radius 1 is 1.15 bits per heavy atom. The van der Waals surface area contributed by atoms with Gasteiger partial charge in [-0.1, -0.05) is 13.8 Å². The number of hydrogen-bond donors (Lipinski definition) is 1. The largest absolute Gasteiger partial charge is 0.496 e. The van der Waals surface area contributed by atoms with Gasteiger partial charge >= 0.3 is 0 Å². The molecule has 3 rings (SSSR count). The van der Waals surface area contributed by atoms with Crippen LogP contribution in [0.3, 0.4) is 0 Å². The minimum atomic E-state index is -0.139. The molecule has 136 valence electrons. The Bertz CT molecular complexity index is 934. The van der Waals surface area contributed by atoms with Gasteiger partial charge in [-0.15, -0.1) is 0 Å². The van der Waals surface area contributed by atoms with Crippen LogP contribution >= 0.6 is 0 Å². The molecule has 0 aliphatic rings. The smallest absolute Gasteiger partial charge is 0.271 e. The van der Waals surface area contributed by atoms with Crippen molar-refractivity contribution in [3.63, 3.8) is 0 Å². The molecule has 3 aromatic rings. The van der Waals surface area contributed by atoms with E-state index in [1.54, 1.807) is 13.3 Å². The molecule has 1 N–H and O–H groups in total. The highest BCUT2D eigenvalue weighted by atomic mass is 16.5. The number of hydrogen-bond acceptors (Lipinski definition) is 3. The fourth-order valence-electron chi connectivity index (χ4n) is 3.10. The van der Waals surface area contributed by atoms with Crippen molar-refractivity contribution < 1.29 is 9.53 Å². The highest BCUT2D eigenvalue weighted by molar-refractivity contribution is 5.92. The summed E-state index contributed by atoms with van der Waals surface area (Å²) in [6, 6.07) is 8.18. The van der Waals surface area contributed by atoms with Crippen LogP contribution in [-0.4, -0.2) is 28.9 Å². The molecule has 0 atom stereocenters. The summed E-state index contributed by atoms with van der Waals surface area (Å²) in [5, 5.41) is 2.90. The van der Waals surface area contributed by atoms with Crippen LogP contribution in [0.25, 0.3) is 16.8 Å². The molecular formula is C21H25N3O2. The summed E-state index contributed by atoms with van der Waals surface area (Å²) in [7, 11) is 1.69. The molecule has 26 heavy (non-hydrogen) atoms. The van der Waals surface area contributed by atoms with Gasteiger partial charge in [-0.2, -0.15) is 0 Å². The number of nitrogens with one attached hydrogen (secondary N) is 1. The number of aromatic nitrogens is 2. The van der Waals surface area contributed by atoms with E-state index in [1.165, 1.54) is 0 Å². The Labute approximate surface area is 154 Å². The van der Waals surface area contributed by atoms with E-state index in [0.29, 0.717) is 18.2 Å². The monoisotopic (exact) mass is 351 g/mol. The van der Waals surface area contributed by atoms with Gasteiger partial charge in [0, 0.05) is 18.9 Å². The highest BCUT2D eigenvalue weighted by Crippen LogP contribution is 2.30. The minimum Gasteiger partial charge on any atom is -0.496 e. The lowest BCUT2D eigenvalue weighted by molar-refractivity contribution is 0.0944. The Morgan fingerprint density at radius 3 is 2.46 bits per heavy atom. The summed E-state index contributed by atoms with van der Waals surface area (Å²) >= 11 is 0. The summed E-state index contributed by atoms with van der Waals surface area (Å²) in [5.41, 5.74) is 5.57. The van der Waals surface area contributed by atoms with Crippen molar-refractivity contribution in [1.82, 2.24) is 14.7 Å². The number of methoxy groups -OCH3 is 1. The maximum Gasteiger partial charge on any atom is 0.271 e. The minimum absolute atomic E-state index is 0.139. The molecule has 0 radical (unpaired) electrons. The number of carbonyl (C=O) groups is 1. The zero-order valence-corrected chi connectivity index (χ0v) is 16.0. The van der Waals surface area contributed by atoms with Crippen LogP contribution < -0.4 is 10.1 Å². The normalized spacial score (nSPS) is 11.2. The standard InChI is InChI=1S/C21H25N3O2/c1-13(2)10-22-21(25)18-12-24-11-16(6-7-19(24)23-18)17-8-14(3)20(26-5)15(4)9-17/h6-9,11-13H,10H2,1-5H3,(H,22,25). The van der Waals surface area contributed by atoms with Gasteiger partial charge in [0.25, 0.3) is 5.91 Å². The summed E-state index contributed by atoms with van der Waals surface area (Å²) < 4.78 is 7.34. The van der Waals surface area contributed by atoms with Gasteiger partial charge in [0.05, 0.1) is 7.11 Å². The summed E-state index contributed by atoms with van der Waals surface area (Å²) in [6.07, 6.45) is 3.78. The van der Waals surface area contributed by atoms with Crippen molar-refractivity contribution >= 4 is 11.6 Å². The predicted octanol–water partition coefficient (Wildman–Crippen LogP) is 4.01. The van der Waals surface area contributed by atoms with Crippen LogP contribution in [0.15, 0.2) is 36.7 Å². The van der Waals surface area contributed by atoms with Crippen LogP contribution in [0, 0.1) is 19.8 Å². The summed E-state index contributed by atoms with van der Waals surface area (Å²) in [5.74, 6) is 1.19. The molecule has 2 aromatic heterocycles.